The van der Waals surface area contributed by atoms with E-state index in [1.165, 1.54) is 4.90 Å². The third-order valence-electron chi connectivity index (χ3n) is 9.31. The van der Waals surface area contributed by atoms with Crippen molar-refractivity contribution >= 4 is 45.2 Å². The van der Waals surface area contributed by atoms with Crippen molar-refractivity contribution in [3.63, 3.8) is 0 Å². The number of fused-ring (bicyclic) bond motifs is 6. The molecule has 4 aromatic carbocycles. The van der Waals surface area contributed by atoms with Crippen molar-refractivity contribution in [2.75, 3.05) is 4.90 Å². The minimum absolute atomic E-state index is 0.0180. The first kappa shape index (κ1) is 23.8. The number of allylic oxidation sites excluding steroid dienone is 2. The van der Waals surface area contributed by atoms with Crippen molar-refractivity contribution in [1.82, 2.24) is 0 Å². The van der Waals surface area contributed by atoms with Crippen LogP contribution in [0, 0.1) is 22.7 Å². The summed E-state index contributed by atoms with van der Waals surface area (Å²) in [6, 6.07) is 33.6. The number of rotatable bonds is 5. The van der Waals surface area contributed by atoms with Gasteiger partial charge in [-0.3, -0.25) is 14.4 Å². The number of ketones is 1. The van der Waals surface area contributed by atoms with Crippen molar-refractivity contribution in [3.8, 4) is 0 Å². The van der Waals surface area contributed by atoms with Crippen LogP contribution in [0.1, 0.15) is 37.8 Å². The van der Waals surface area contributed by atoms with Crippen LogP contribution in [-0.2, 0) is 14.4 Å². The lowest BCUT2D eigenvalue weighted by Crippen LogP contribution is -2.41. The summed E-state index contributed by atoms with van der Waals surface area (Å²) in [4.78, 5) is 44.9. The largest absolute Gasteiger partial charge is 0.298 e. The van der Waals surface area contributed by atoms with E-state index in [0.717, 1.165) is 39.5 Å². The number of amides is 2. The number of Topliss-reactive ketones (excluding diaryl/α,β-unsaturated/α-hetero) is 1. The lowest BCUT2D eigenvalue weighted by Gasteiger charge is -2.37. The molecule has 2 amide bonds. The standard InChI is InChI=1S/C35H29NO3/c1-3-20-35-28(24-15-8-5-9-16-24)27(23-13-6-4-7-14-23)34(2,33(35)39)29-30(35)32(38)36(31(29)37)26-19-18-22-12-10-11-17-25(22)21-26/h4-19,21,29-30H,3,20H2,1-2H3/t29-,30-,34-,35+/m0/s1. The van der Waals surface area contributed by atoms with E-state index in [-0.39, 0.29) is 17.6 Å². The van der Waals surface area contributed by atoms with Gasteiger partial charge in [0.25, 0.3) is 0 Å². The van der Waals surface area contributed by atoms with Crippen LogP contribution in [0.2, 0.25) is 0 Å². The number of hydrogen-bond donors (Lipinski definition) is 0. The first-order valence-electron chi connectivity index (χ1n) is 13.7. The predicted molar refractivity (Wildman–Crippen MR) is 154 cm³/mol. The molecule has 0 spiro atoms. The Labute approximate surface area is 228 Å². The summed E-state index contributed by atoms with van der Waals surface area (Å²) in [6.45, 7) is 3.97. The van der Waals surface area contributed by atoms with Crippen molar-refractivity contribution in [2.45, 2.75) is 26.7 Å². The van der Waals surface area contributed by atoms with E-state index in [1.807, 2.05) is 110 Å². The molecule has 3 aliphatic rings. The summed E-state index contributed by atoms with van der Waals surface area (Å²) in [5, 5.41) is 2.01. The van der Waals surface area contributed by atoms with E-state index < -0.39 is 22.7 Å². The summed E-state index contributed by atoms with van der Waals surface area (Å²) in [6.07, 6.45) is 1.24. The van der Waals surface area contributed by atoms with Crippen LogP contribution >= 0.6 is 0 Å². The van der Waals surface area contributed by atoms with Gasteiger partial charge in [-0.25, -0.2) is 4.90 Å². The topological polar surface area (TPSA) is 54.5 Å². The van der Waals surface area contributed by atoms with Crippen LogP contribution in [0.25, 0.3) is 21.9 Å². The van der Waals surface area contributed by atoms with Gasteiger partial charge in [0.2, 0.25) is 11.8 Å². The van der Waals surface area contributed by atoms with E-state index >= 15 is 0 Å². The highest BCUT2D eigenvalue weighted by Crippen LogP contribution is 2.75. The van der Waals surface area contributed by atoms with E-state index in [1.54, 1.807) is 0 Å². The van der Waals surface area contributed by atoms with Gasteiger partial charge in [0.1, 0.15) is 0 Å². The Morgan fingerprint density at radius 2 is 1.23 bits per heavy atom. The second-order valence-corrected chi connectivity index (χ2v) is 11.2. The molecule has 192 valence electrons. The maximum absolute atomic E-state index is 14.7. The molecule has 2 aliphatic carbocycles. The minimum atomic E-state index is -1.11. The monoisotopic (exact) mass is 511 g/mol. The Morgan fingerprint density at radius 3 is 1.87 bits per heavy atom. The molecule has 1 saturated carbocycles. The number of anilines is 1. The fourth-order valence-electron chi connectivity index (χ4n) is 7.93. The average molecular weight is 512 g/mol. The molecule has 1 heterocycles. The predicted octanol–water partition coefficient (Wildman–Crippen LogP) is 6.95. The quantitative estimate of drug-likeness (QED) is 0.273. The van der Waals surface area contributed by atoms with E-state index in [4.69, 9.17) is 0 Å². The third kappa shape index (κ3) is 2.92. The summed E-state index contributed by atoms with van der Waals surface area (Å²) in [5.41, 5.74) is 2.12. The van der Waals surface area contributed by atoms with Crippen LogP contribution < -0.4 is 4.90 Å². The van der Waals surface area contributed by atoms with Crippen molar-refractivity contribution < 1.29 is 14.4 Å². The molecule has 7 rings (SSSR count). The van der Waals surface area contributed by atoms with E-state index in [0.29, 0.717) is 12.1 Å². The minimum Gasteiger partial charge on any atom is -0.298 e. The molecule has 2 bridgehead atoms. The van der Waals surface area contributed by atoms with E-state index in [2.05, 4.69) is 6.92 Å². The molecule has 1 aliphatic heterocycles. The van der Waals surface area contributed by atoms with Crippen LogP contribution in [0.15, 0.2) is 103 Å². The van der Waals surface area contributed by atoms with Crippen LogP contribution in [0.4, 0.5) is 5.69 Å². The molecule has 1 saturated heterocycles. The zero-order valence-electron chi connectivity index (χ0n) is 22.1. The van der Waals surface area contributed by atoms with Crippen LogP contribution in [-0.4, -0.2) is 17.6 Å². The molecular formula is C35H29NO3. The number of carbonyl (C=O) groups is 3. The summed E-state index contributed by atoms with van der Waals surface area (Å²) >= 11 is 0. The highest BCUT2D eigenvalue weighted by atomic mass is 16.2. The highest BCUT2D eigenvalue weighted by molar-refractivity contribution is 6.34. The van der Waals surface area contributed by atoms with Crippen molar-refractivity contribution in [3.05, 3.63) is 114 Å². The molecule has 4 atom stereocenters. The van der Waals surface area contributed by atoms with Gasteiger partial charge >= 0.3 is 0 Å². The van der Waals surface area contributed by atoms with Crippen molar-refractivity contribution in [1.29, 1.82) is 0 Å². The maximum atomic E-state index is 14.7. The normalized spacial score (nSPS) is 27.6. The van der Waals surface area contributed by atoms with Gasteiger partial charge < -0.3 is 0 Å². The number of hydrogen-bond acceptors (Lipinski definition) is 3. The van der Waals surface area contributed by atoms with Gasteiger partial charge in [-0.15, -0.1) is 0 Å². The number of imide groups is 1. The van der Waals surface area contributed by atoms with Gasteiger partial charge in [0.05, 0.1) is 28.4 Å². The molecule has 39 heavy (non-hydrogen) atoms. The summed E-state index contributed by atoms with van der Waals surface area (Å²) in [5.74, 6) is -1.97. The molecule has 4 heteroatoms. The van der Waals surface area contributed by atoms with Gasteiger partial charge in [-0.1, -0.05) is 104 Å². The first-order valence-corrected chi connectivity index (χ1v) is 13.7. The molecule has 0 aromatic heterocycles. The molecule has 2 fully saturated rings. The fourth-order valence-corrected chi connectivity index (χ4v) is 7.93. The number of benzene rings is 4. The van der Waals surface area contributed by atoms with Gasteiger partial charge in [-0.2, -0.15) is 0 Å². The fraction of sp³-hybridized carbons (Fsp3) is 0.229. The van der Waals surface area contributed by atoms with Gasteiger partial charge in [0, 0.05) is 0 Å². The van der Waals surface area contributed by atoms with Crippen LogP contribution in [0.3, 0.4) is 0 Å². The zero-order chi connectivity index (χ0) is 26.9. The molecule has 0 radical (unpaired) electrons. The second kappa shape index (κ2) is 8.34. The second-order valence-electron chi connectivity index (χ2n) is 11.2. The first-order chi connectivity index (χ1) is 18.9. The lowest BCUT2D eigenvalue weighted by molar-refractivity contribution is -0.134. The lowest BCUT2D eigenvalue weighted by atomic mass is 9.61. The molecule has 0 unspecified atom stereocenters. The Hall–Kier alpha value is -4.31. The molecular weight excluding hydrogens is 482 g/mol. The Morgan fingerprint density at radius 1 is 0.667 bits per heavy atom. The zero-order valence-corrected chi connectivity index (χ0v) is 22.1. The highest BCUT2D eigenvalue weighted by Gasteiger charge is 2.80. The third-order valence-corrected chi connectivity index (χ3v) is 9.31. The number of carbonyl (C=O) groups excluding carboxylic acids is 3. The van der Waals surface area contributed by atoms with Gasteiger partial charge in [-0.05, 0) is 58.5 Å². The Balaban J connectivity index is 1.49. The summed E-state index contributed by atoms with van der Waals surface area (Å²) in [7, 11) is 0. The van der Waals surface area contributed by atoms with Gasteiger partial charge in [0.15, 0.2) is 5.78 Å². The van der Waals surface area contributed by atoms with E-state index in [9.17, 15) is 14.4 Å². The van der Waals surface area contributed by atoms with Crippen molar-refractivity contribution in [2.24, 2.45) is 22.7 Å². The smallest absolute Gasteiger partial charge is 0.239 e. The Kier molecular flexibility index (Phi) is 5.09. The molecule has 4 nitrogen and oxygen atoms in total. The molecule has 0 N–H and O–H groups in total. The van der Waals surface area contributed by atoms with Crippen LogP contribution in [0.5, 0.6) is 0 Å². The average Bonchev–Trinajstić information content (AvgIpc) is 3.43. The summed E-state index contributed by atoms with van der Waals surface area (Å²) < 4.78 is 0. The SMILES string of the molecule is CCC[C@@]12C(=O)[C@@](C)(C(c3ccccc3)=C1c1ccccc1)[C@@H]1C(=O)N(c3ccc4ccccc4c3)C(=O)[C@H]12. The Bertz CT molecular complexity index is 1710. The maximum Gasteiger partial charge on any atom is 0.239 e. The number of nitrogens with zero attached hydrogens (tertiary/aromatic N) is 1. The molecule has 4 aromatic rings.